The number of carbonyl (C=O) groups excluding carboxylic acids is 1. The van der Waals surface area contributed by atoms with Crippen LogP contribution < -0.4 is 20.3 Å². The monoisotopic (exact) mass is 436 g/mol. The van der Waals surface area contributed by atoms with E-state index >= 15 is 0 Å². The summed E-state index contributed by atoms with van der Waals surface area (Å²) in [5, 5.41) is 6.16. The van der Waals surface area contributed by atoms with E-state index in [0.717, 1.165) is 25.1 Å². The predicted molar refractivity (Wildman–Crippen MR) is 108 cm³/mol. The fourth-order valence-corrected chi connectivity index (χ4v) is 3.78. The number of halogens is 3. The number of pyridine rings is 1. The van der Waals surface area contributed by atoms with Crippen molar-refractivity contribution in [1.29, 1.82) is 0 Å². The number of aryl methyl sites for hydroxylation is 1. The van der Waals surface area contributed by atoms with Gasteiger partial charge in [-0.3, -0.25) is 4.79 Å². The van der Waals surface area contributed by atoms with Gasteiger partial charge in [-0.05, 0) is 38.8 Å². The average molecular weight is 436 g/mol. The fourth-order valence-electron chi connectivity index (χ4n) is 3.78. The highest BCUT2D eigenvalue weighted by Gasteiger charge is 2.33. The first kappa shape index (κ1) is 21.1. The quantitative estimate of drug-likeness (QED) is 0.759. The molecule has 2 aromatic heterocycles. The number of nitrogens with one attached hydrogen (secondary N) is 2. The summed E-state index contributed by atoms with van der Waals surface area (Å²) < 4.78 is 43.7. The summed E-state index contributed by atoms with van der Waals surface area (Å²) in [6.45, 7) is 3.62. The SMILES string of the molecule is Cc1nc(N[C@H]2CC[C@H](Oc3ccc(C(F)(F)F)nc3)C2)nc2c1NC(=O)[C@@H](C)N2C. The molecule has 2 aromatic rings. The molecule has 8 nitrogen and oxygen atoms in total. The molecule has 1 aliphatic heterocycles. The lowest BCUT2D eigenvalue weighted by Gasteiger charge is -2.32. The molecule has 0 aromatic carbocycles. The molecule has 0 bridgehead atoms. The third-order valence-corrected chi connectivity index (χ3v) is 5.66. The minimum absolute atomic E-state index is 0.0609. The average Bonchev–Trinajstić information content (AvgIpc) is 3.14. The highest BCUT2D eigenvalue weighted by atomic mass is 19.4. The Bertz CT molecular complexity index is 982. The molecule has 3 atom stereocenters. The van der Waals surface area contributed by atoms with E-state index in [1.807, 2.05) is 18.9 Å². The number of likely N-dealkylation sites (N-methyl/N-ethyl adjacent to an activating group) is 1. The molecule has 3 heterocycles. The molecule has 1 saturated carbocycles. The second-order valence-electron chi connectivity index (χ2n) is 7.88. The Morgan fingerprint density at radius 1 is 1.26 bits per heavy atom. The number of nitrogens with zero attached hydrogens (tertiary/aromatic N) is 4. The number of fused-ring (bicyclic) bond motifs is 1. The van der Waals surface area contributed by atoms with Crippen molar-refractivity contribution in [3.8, 4) is 5.75 Å². The van der Waals surface area contributed by atoms with Crippen molar-refractivity contribution in [1.82, 2.24) is 15.0 Å². The van der Waals surface area contributed by atoms with Crippen LogP contribution in [0.2, 0.25) is 0 Å². The normalized spacial score (nSPS) is 23.4. The van der Waals surface area contributed by atoms with Crippen LogP contribution in [0.3, 0.4) is 0 Å². The van der Waals surface area contributed by atoms with Gasteiger partial charge in [-0.1, -0.05) is 0 Å². The van der Waals surface area contributed by atoms with Crippen molar-refractivity contribution >= 4 is 23.4 Å². The van der Waals surface area contributed by atoms with Gasteiger partial charge < -0.3 is 20.3 Å². The van der Waals surface area contributed by atoms with Crippen LogP contribution in [0.15, 0.2) is 18.3 Å². The molecule has 2 N–H and O–H groups in total. The van der Waals surface area contributed by atoms with Crippen LogP contribution in [0.1, 0.15) is 37.6 Å². The predicted octanol–water partition coefficient (Wildman–Crippen LogP) is 3.39. The molecule has 2 aliphatic rings. The van der Waals surface area contributed by atoms with Crippen molar-refractivity contribution in [2.45, 2.75) is 57.5 Å². The maximum Gasteiger partial charge on any atom is 0.433 e. The molecule has 0 unspecified atom stereocenters. The molecule has 11 heteroatoms. The fraction of sp³-hybridized carbons (Fsp3) is 0.500. The van der Waals surface area contributed by atoms with Crippen molar-refractivity contribution in [3.05, 3.63) is 29.7 Å². The summed E-state index contributed by atoms with van der Waals surface area (Å²) in [4.78, 5) is 26.3. The molecular formula is C20H23F3N6O2. The number of carbonyl (C=O) groups is 1. The van der Waals surface area contributed by atoms with Crippen LogP contribution in [-0.2, 0) is 11.0 Å². The largest absolute Gasteiger partial charge is 0.489 e. The molecule has 166 valence electrons. The molecule has 0 spiro atoms. The van der Waals surface area contributed by atoms with Crippen molar-refractivity contribution in [2.75, 3.05) is 22.6 Å². The van der Waals surface area contributed by atoms with E-state index in [1.54, 1.807) is 6.92 Å². The zero-order chi connectivity index (χ0) is 22.3. The van der Waals surface area contributed by atoms with Gasteiger partial charge in [-0.15, -0.1) is 0 Å². The van der Waals surface area contributed by atoms with Gasteiger partial charge in [0.2, 0.25) is 11.9 Å². The van der Waals surface area contributed by atoms with Gasteiger partial charge in [0.15, 0.2) is 5.82 Å². The minimum atomic E-state index is -4.47. The number of anilines is 3. The topological polar surface area (TPSA) is 92.3 Å². The van der Waals surface area contributed by atoms with Crippen LogP contribution in [0, 0.1) is 6.92 Å². The number of amides is 1. The minimum Gasteiger partial charge on any atom is -0.489 e. The maximum absolute atomic E-state index is 12.6. The number of ether oxygens (including phenoxy) is 1. The van der Waals surface area contributed by atoms with Crippen LogP contribution in [0.25, 0.3) is 0 Å². The first-order chi connectivity index (χ1) is 14.6. The molecule has 0 saturated heterocycles. The van der Waals surface area contributed by atoms with Crippen LogP contribution in [0.5, 0.6) is 5.75 Å². The third-order valence-electron chi connectivity index (χ3n) is 5.66. The standard InChI is InChI=1S/C20H23F3N6O2/c1-10-16-17(29(3)11(2)18(30)27-16)28-19(25-10)26-12-4-5-13(8-12)31-14-6-7-15(24-9-14)20(21,22)23/h6-7,9,11-13H,4-5,8H2,1-3H3,(H,27,30)(H,25,26,28)/t11-,12+,13+/m1/s1. The first-order valence-electron chi connectivity index (χ1n) is 10.0. The van der Waals surface area contributed by atoms with Gasteiger partial charge in [0.1, 0.15) is 29.3 Å². The van der Waals surface area contributed by atoms with Crippen molar-refractivity contribution in [2.24, 2.45) is 0 Å². The zero-order valence-electron chi connectivity index (χ0n) is 17.3. The third kappa shape index (κ3) is 4.35. The molecule has 1 fully saturated rings. The summed E-state index contributed by atoms with van der Waals surface area (Å²) in [6, 6.07) is 1.93. The van der Waals surface area contributed by atoms with Gasteiger partial charge in [0, 0.05) is 19.5 Å². The first-order valence-corrected chi connectivity index (χ1v) is 10.0. The van der Waals surface area contributed by atoms with E-state index in [0.29, 0.717) is 35.3 Å². The zero-order valence-corrected chi connectivity index (χ0v) is 17.3. The molecule has 1 aliphatic carbocycles. The Labute approximate surface area is 177 Å². The van der Waals surface area contributed by atoms with E-state index in [1.165, 1.54) is 6.07 Å². The van der Waals surface area contributed by atoms with Gasteiger partial charge in [0.25, 0.3) is 0 Å². The van der Waals surface area contributed by atoms with Crippen molar-refractivity contribution < 1.29 is 22.7 Å². The van der Waals surface area contributed by atoms with E-state index < -0.39 is 11.9 Å². The van der Waals surface area contributed by atoms with Gasteiger partial charge >= 0.3 is 6.18 Å². The van der Waals surface area contributed by atoms with Crippen LogP contribution in [0.4, 0.5) is 30.6 Å². The van der Waals surface area contributed by atoms with Gasteiger partial charge in [-0.2, -0.15) is 18.2 Å². The number of hydrogen-bond acceptors (Lipinski definition) is 7. The summed E-state index contributed by atoms with van der Waals surface area (Å²) in [7, 11) is 1.82. The number of aromatic nitrogens is 3. The van der Waals surface area contributed by atoms with E-state index in [4.69, 9.17) is 4.74 Å². The maximum atomic E-state index is 12.6. The summed E-state index contributed by atoms with van der Waals surface area (Å²) in [5.41, 5.74) is 0.334. The Morgan fingerprint density at radius 3 is 2.71 bits per heavy atom. The summed E-state index contributed by atoms with van der Waals surface area (Å²) in [6.07, 6.45) is -1.30. The molecule has 4 rings (SSSR count). The molecule has 31 heavy (non-hydrogen) atoms. The van der Waals surface area contributed by atoms with E-state index in [2.05, 4.69) is 25.6 Å². The van der Waals surface area contributed by atoms with E-state index in [9.17, 15) is 18.0 Å². The number of hydrogen-bond donors (Lipinski definition) is 2. The Hall–Kier alpha value is -3.11. The highest BCUT2D eigenvalue weighted by Crippen LogP contribution is 2.34. The molecule has 0 radical (unpaired) electrons. The lowest BCUT2D eigenvalue weighted by Crippen LogP contribution is -2.45. The van der Waals surface area contributed by atoms with Gasteiger partial charge in [-0.25, -0.2) is 9.97 Å². The van der Waals surface area contributed by atoms with Crippen molar-refractivity contribution in [3.63, 3.8) is 0 Å². The van der Waals surface area contributed by atoms with Gasteiger partial charge in [0.05, 0.1) is 11.9 Å². The second kappa shape index (κ2) is 7.86. The highest BCUT2D eigenvalue weighted by molar-refractivity contribution is 6.03. The second-order valence-corrected chi connectivity index (χ2v) is 7.88. The molecular weight excluding hydrogens is 413 g/mol. The lowest BCUT2D eigenvalue weighted by atomic mass is 10.2. The lowest BCUT2D eigenvalue weighted by molar-refractivity contribution is -0.141. The van der Waals surface area contributed by atoms with E-state index in [-0.39, 0.29) is 24.1 Å². The molecule has 1 amide bonds. The summed E-state index contributed by atoms with van der Waals surface area (Å²) >= 11 is 0. The van der Waals surface area contributed by atoms with Crippen LogP contribution in [-0.4, -0.2) is 46.1 Å². The summed E-state index contributed by atoms with van der Waals surface area (Å²) in [5.74, 6) is 1.33. The number of rotatable bonds is 4. The Kier molecular flexibility index (Phi) is 5.36. The van der Waals surface area contributed by atoms with Crippen LogP contribution >= 0.6 is 0 Å². The smallest absolute Gasteiger partial charge is 0.433 e. The number of alkyl halides is 3. The Morgan fingerprint density at radius 2 is 2.03 bits per heavy atom. The Balaban J connectivity index is 1.40.